The van der Waals surface area contributed by atoms with Crippen molar-refractivity contribution in [2.45, 2.75) is 6.92 Å². The van der Waals surface area contributed by atoms with Crippen molar-refractivity contribution < 1.29 is 18.3 Å². The Labute approximate surface area is 191 Å². The Morgan fingerprint density at radius 1 is 1.00 bits per heavy atom. The van der Waals surface area contributed by atoms with Gasteiger partial charge in [0.1, 0.15) is 29.5 Å². The standard InChI is InChI=1S/C23H17F2N7O2/c1-14-10-20(29-21(33)12-34-18-8-4-16(25)5-9-18)32(30-14)23-19-11-28-31(22(19)26-13-27-23)17-6-2-15(24)3-7-17/h2-11,13H,12H2,1H3,(H,29,33). The molecule has 11 heteroatoms. The number of rotatable bonds is 6. The molecule has 0 unspecified atom stereocenters. The van der Waals surface area contributed by atoms with Crippen molar-refractivity contribution in [1.82, 2.24) is 29.5 Å². The van der Waals surface area contributed by atoms with Crippen LogP contribution in [-0.4, -0.2) is 42.0 Å². The maximum absolute atomic E-state index is 13.3. The number of halogens is 2. The number of fused-ring (bicyclic) bond motifs is 1. The van der Waals surface area contributed by atoms with E-state index < -0.39 is 11.7 Å². The summed E-state index contributed by atoms with van der Waals surface area (Å²) >= 11 is 0. The summed E-state index contributed by atoms with van der Waals surface area (Å²) in [4.78, 5) is 21.1. The highest BCUT2D eigenvalue weighted by molar-refractivity contribution is 5.92. The molecule has 0 aliphatic carbocycles. The van der Waals surface area contributed by atoms with E-state index in [4.69, 9.17) is 4.74 Å². The van der Waals surface area contributed by atoms with Gasteiger partial charge < -0.3 is 10.1 Å². The number of amides is 1. The van der Waals surface area contributed by atoms with Gasteiger partial charge in [0, 0.05) is 6.07 Å². The van der Waals surface area contributed by atoms with Crippen LogP contribution < -0.4 is 10.1 Å². The van der Waals surface area contributed by atoms with Crippen LogP contribution in [0.25, 0.3) is 22.5 Å². The average molecular weight is 461 g/mol. The van der Waals surface area contributed by atoms with Gasteiger partial charge in [0.15, 0.2) is 18.1 Å². The fourth-order valence-electron chi connectivity index (χ4n) is 3.38. The van der Waals surface area contributed by atoms with Crippen molar-refractivity contribution in [3.05, 3.63) is 84.4 Å². The monoisotopic (exact) mass is 461 g/mol. The first-order valence-corrected chi connectivity index (χ1v) is 10.2. The van der Waals surface area contributed by atoms with Gasteiger partial charge in [-0.25, -0.2) is 23.4 Å². The van der Waals surface area contributed by atoms with Gasteiger partial charge in [0.05, 0.1) is 23.0 Å². The van der Waals surface area contributed by atoms with Crippen LogP contribution >= 0.6 is 0 Å². The molecule has 1 N–H and O–H groups in total. The first-order chi connectivity index (χ1) is 16.5. The molecular formula is C23H17F2N7O2. The van der Waals surface area contributed by atoms with Crippen LogP contribution in [0.4, 0.5) is 14.6 Å². The molecule has 5 rings (SSSR count). The van der Waals surface area contributed by atoms with Gasteiger partial charge in [-0.15, -0.1) is 0 Å². The predicted molar refractivity (Wildman–Crippen MR) is 119 cm³/mol. The molecule has 2 aromatic carbocycles. The fourth-order valence-corrected chi connectivity index (χ4v) is 3.38. The van der Waals surface area contributed by atoms with Gasteiger partial charge in [-0.2, -0.15) is 14.9 Å². The summed E-state index contributed by atoms with van der Waals surface area (Å²) in [7, 11) is 0. The highest BCUT2D eigenvalue weighted by Crippen LogP contribution is 2.24. The van der Waals surface area contributed by atoms with E-state index in [0.29, 0.717) is 39.8 Å². The zero-order valence-corrected chi connectivity index (χ0v) is 17.8. The quantitative estimate of drug-likeness (QED) is 0.415. The summed E-state index contributed by atoms with van der Waals surface area (Å²) in [6, 6.07) is 12.9. The number of benzene rings is 2. The lowest BCUT2D eigenvalue weighted by atomic mass is 10.3. The summed E-state index contributed by atoms with van der Waals surface area (Å²) in [5.74, 6) is -0.0351. The number of aromatic nitrogens is 6. The van der Waals surface area contributed by atoms with E-state index in [-0.39, 0.29) is 12.4 Å². The maximum atomic E-state index is 13.3. The third-order valence-electron chi connectivity index (χ3n) is 4.90. The Hall–Kier alpha value is -4.67. The van der Waals surface area contributed by atoms with Gasteiger partial charge in [0.25, 0.3) is 5.91 Å². The van der Waals surface area contributed by atoms with Crippen LogP contribution in [0.15, 0.2) is 67.1 Å². The van der Waals surface area contributed by atoms with Crippen molar-refractivity contribution in [2.24, 2.45) is 0 Å². The third-order valence-corrected chi connectivity index (χ3v) is 4.90. The number of nitrogens with one attached hydrogen (secondary N) is 1. The highest BCUT2D eigenvalue weighted by Gasteiger charge is 2.18. The van der Waals surface area contributed by atoms with E-state index in [9.17, 15) is 13.6 Å². The molecule has 34 heavy (non-hydrogen) atoms. The van der Waals surface area contributed by atoms with E-state index >= 15 is 0 Å². The first-order valence-electron chi connectivity index (χ1n) is 10.2. The Kier molecular flexibility index (Phi) is 5.42. The van der Waals surface area contributed by atoms with E-state index in [1.54, 1.807) is 36.0 Å². The smallest absolute Gasteiger partial charge is 0.263 e. The molecule has 0 aliphatic heterocycles. The number of carbonyl (C=O) groups is 1. The first kappa shape index (κ1) is 21.2. The second-order valence-electron chi connectivity index (χ2n) is 7.34. The van der Waals surface area contributed by atoms with E-state index in [0.717, 1.165) is 0 Å². The molecule has 3 heterocycles. The number of aryl methyl sites for hydroxylation is 1. The summed E-state index contributed by atoms with van der Waals surface area (Å²) in [6.07, 6.45) is 2.94. The molecule has 0 fully saturated rings. The van der Waals surface area contributed by atoms with Gasteiger partial charge >= 0.3 is 0 Å². The SMILES string of the molecule is Cc1cc(NC(=O)COc2ccc(F)cc2)n(-c2ncnc3c2cnn3-c2ccc(F)cc2)n1. The lowest BCUT2D eigenvalue weighted by Gasteiger charge is -2.10. The van der Waals surface area contributed by atoms with Gasteiger partial charge in [-0.05, 0) is 55.5 Å². The zero-order valence-electron chi connectivity index (χ0n) is 17.8. The van der Waals surface area contributed by atoms with Gasteiger partial charge in [-0.1, -0.05) is 0 Å². The van der Waals surface area contributed by atoms with Crippen LogP contribution in [0.1, 0.15) is 5.69 Å². The molecule has 0 spiro atoms. The Morgan fingerprint density at radius 2 is 1.71 bits per heavy atom. The number of carbonyl (C=O) groups excluding carboxylic acids is 1. The molecule has 0 aliphatic rings. The summed E-state index contributed by atoms with van der Waals surface area (Å²) in [5.41, 5.74) is 1.76. The van der Waals surface area contributed by atoms with Crippen LogP contribution in [0, 0.1) is 18.6 Å². The average Bonchev–Trinajstić information content (AvgIpc) is 3.42. The normalized spacial score (nSPS) is 11.0. The predicted octanol–water partition coefficient (Wildman–Crippen LogP) is 3.61. The van der Waals surface area contributed by atoms with Crippen LogP contribution in [-0.2, 0) is 4.79 Å². The minimum Gasteiger partial charge on any atom is -0.484 e. The Balaban J connectivity index is 1.42. The van der Waals surface area contributed by atoms with Crippen LogP contribution in [0.2, 0.25) is 0 Å². The largest absolute Gasteiger partial charge is 0.484 e. The summed E-state index contributed by atoms with van der Waals surface area (Å²) in [6.45, 7) is 1.50. The third kappa shape index (κ3) is 4.18. The summed E-state index contributed by atoms with van der Waals surface area (Å²) < 4.78 is 34.8. The molecule has 0 saturated carbocycles. The van der Waals surface area contributed by atoms with Crippen molar-refractivity contribution in [3.8, 4) is 17.3 Å². The topological polar surface area (TPSA) is 99.7 Å². The minimum atomic E-state index is -0.433. The lowest BCUT2D eigenvalue weighted by Crippen LogP contribution is -2.22. The molecule has 0 atom stereocenters. The molecule has 0 bridgehead atoms. The van der Waals surface area contributed by atoms with Crippen molar-refractivity contribution in [1.29, 1.82) is 0 Å². The van der Waals surface area contributed by atoms with Crippen molar-refractivity contribution >= 4 is 22.8 Å². The van der Waals surface area contributed by atoms with Crippen molar-refractivity contribution in [3.63, 3.8) is 0 Å². The molecule has 0 radical (unpaired) electrons. The number of nitrogens with zero attached hydrogens (tertiary/aromatic N) is 6. The molecule has 0 saturated heterocycles. The second-order valence-corrected chi connectivity index (χ2v) is 7.34. The molecule has 5 aromatic rings. The van der Waals surface area contributed by atoms with E-state index in [1.165, 1.54) is 47.4 Å². The molecule has 3 aromatic heterocycles. The van der Waals surface area contributed by atoms with Gasteiger partial charge in [0.2, 0.25) is 0 Å². The van der Waals surface area contributed by atoms with Crippen LogP contribution in [0.3, 0.4) is 0 Å². The lowest BCUT2D eigenvalue weighted by molar-refractivity contribution is -0.118. The molecular weight excluding hydrogens is 444 g/mol. The number of anilines is 1. The molecule has 170 valence electrons. The maximum Gasteiger partial charge on any atom is 0.263 e. The molecule has 9 nitrogen and oxygen atoms in total. The number of hydrogen-bond donors (Lipinski definition) is 1. The highest BCUT2D eigenvalue weighted by atomic mass is 19.1. The molecule has 1 amide bonds. The van der Waals surface area contributed by atoms with Crippen molar-refractivity contribution in [2.75, 3.05) is 11.9 Å². The van der Waals surface area contributed by atoms with E-state index in [1.807, 2.05) is 0 Å². The van der Waals surface area contributed by atoms with Gasteiger partial charge in [-0.3, -0.25) is 4.79 Å². The fraction of sp³-hybridized carbons (Fsp3) is 0.0870. The minimum absolute atomic E-state index is 0.280. The Bertz CT molecular complexity index is 1480. The summed E-state index contributed by atoms with van der Waals surface area (Å²) in [5, 5.41) is 12.1. The number of hydrogen-bond acceptors (Lipinski definition) is 6. The van der Waals surface area contributed by atoms with Crippen LogP contribution in [0.5, 0.6) is 5.75 Å². The zero-order chi connectivity index (χ0) is 23.7. The second kappa shape index (κ2) is 8.70. The number of ether oxygens (including phenoxy) is 1. The van der Waals surface area contributed by atoms with E-state index in [2.05, 4.69) is 25.5 Å². The Morgan fingerprint density at radius 3 is 2.44 bits per heavy atom.